The lowest BCUT2D eigenvalue weighted by atomic mass is 9.57. The van der Waals surface area contributed by atoms with Gasteiger partial charge in [0, 0.05) is 0 Å². The van der Waals surface area contributed by atoms with Gasteiger partial charge in [0.1, 0.15) is 0 Å². The Morgan fingerprint density at radius 1 is 1.47 bits per heavy atom. The van der Waals surface area contributed by atoms with E-state index in [0.29, 0.717) is 5.41 Å². The van der Waals surface area contributed by atoms with Crippen molar-refractivity contribution in [3.05, 3.63) is 23.8 Å². The second kappa shape index (κ2) is 3.81. The van der Waals surface area contributed by atoms with Crippen molar-refractivity contribution in [3.63, 3.8) is 0 Å². The maximum absolute atomic E-state index is 4.14. The van der Waals surface area contributed by atoms with E-state index in [4.69, 9.17) is 0 Å². The largest absolute Gasteiger partial charge is 0.0999 e. The Labute approximate surface area is 94.5 Å². The van der Waals surface area contributed by atoms with Crippen LogP contribution in [0.5, 0.6) is 0 Å². The highest BCUT2D eigenvalue weighted by atomic mass is 14.5. The van der Waals surface area contributed by atoms with Crippen molar-refractivity contribution in [2.24, 2.45) is 17.3 Å². The SMILES string of the molecule is C=C(C)[C@H]1CCC2(C)CCC=C(C)C2C1. The molecule has 0 aromatic heterocycles. The zero-order valence-corrected chi connectivity index (χ0v) is 10.5. The Bertz CT molecular complexity index is 297. The van der Waals surface area contributed by atoms with Gasteiger partial charge in [-0.3, -0.25) is 0 Å². The zero-order chi connectivity index (χ0) is 11.1. The van der Waals surface area contributed by atoms with Crippen LogP contribution in [-0.4, -0.2) is 0 Å². The third-order valence-electron chi connectivity index (χ3n) is 4.85. The third kappa shape index (κ3) is 1.91. The highest BCUT2D eigenvalue weighted by Crippen LogP contribution is 2.52. The monoisotopic (exact) mass is 204 g/mol. The van der Waals surface area contributed by atoms with Crippen molar-refractivity contribution in [1.29, 1.82) is 0 Å². The van der Waals surface area contributed by atoms with Crippen molar-refractivity contribution in [2.45, 2.75) is 52.9 Å². The van der Waals surface area contributed by atoms with Crippen molar-refractivity contribution in [2.75, 3.05) is 0 Å². The summed E-state index contributed by atoms with van der Waals surface area (Å²) in [4.78, 5) is 0. The molecule has 0 saturated heterocycles. The van der Waals surface area contributed by atoms with Gasteiger partial charge < -0.3 is 0 Å². The second-order valence-corrected chi connectivity index (χ2v) is 6.01. The van der Waals surface area contributed by atoms with E-state index in [1.165, 1.54) is 37.7 Å². The van der Waals surface area contributed by atoms with Crippen LogP contribution in [0.4, 0.5) is 0 Å². The molecule has 0 heterocycles. The number of allylic oxidation sites excluding steroid dienone is 3. The minimum Gasteiger partial charge on any atom is -0.0999 e. The predicted octanol–water partition coefficient (Wildman–Crippen LogP) is 4.73. The predicted molar refractivity (Wildman–Crippen MR) is 66.7 cm³/mol. The normalized spacial score (nSPS) is 40.6. The summed E-state index contributed by atoms with van der Waals surface area (Å²) in [7, 11) is 0. The number of hydrogen-bond acceptors (Lipinski definition) is 0. The van der Waals surface area contributed by atoms with Crippen LogP contribution in [0.2, 0.25) is 0 Å². The molecule has 3 atom stereocenters. The highest BCUT2D eigenvalue weighted by Gasteiger charge is 2.41. The van der Waals surface area contributed by atoms with Crippen molar-refractivity contribution in [3.8, 4) is 0 Å². The maximum Gasteiger partial charge on any atom is -0.0146 e. The molecule has 15 heavy (non-hydrogen) atoms. The average Bonchev–Trinajstić information content (AvgIpc) is 2.17. The zero-order valence-electron chi connectivity index (χ0n) is 10.5. The highest BCUT2D eigenvalue weighted by molar-refractivity contribution is 5.16. The summed E-state index contributed by atoms with van der Waals surface area (Å²) < 4.78 is 0. The smallest absolute Gasteiger partial charge is 0.0146 e. The minimum absolute atomic E-state index is 0.602. The van der Waals surface area contributed by atoms with Crippen molar-refractivity contribution < 1.29 is 0 Å². The Morgan fingerprint density at radius 3 is 2.87 bits per heavy atom. The third-order valence-corrected chi connectivity index (χ3v) is 4.85. The van der Waals surface area contributed by atoms with Crippen LogP contribution in [0.1, 0.15) is 52.9 Å². The van der Waals surface area contributed by atoms with E-state index in [2.05, 4.69) is 33.4 Å². The molecule has 0 aromatic rings. The molecule has 2 rings (SSSR count). The van der Waals surface area contributed by atoms with Crippen LogP contribution in [0.3, 0.4) is 0 Å². The molecular formula is C15H24. The van der Waals surface area contributed by atoms with Gasteiger partial charge in [-0.25, -0.2) is 0 Å². The summed E-state index contributed by atoms with van der Waals surface area (Å²) in [6.45, 7) is 11.2. The molecule has 84 valence electrons. The minimum atomic E-state index is 0.602. The van der Waals surface area contributed by atoms with Crippen LogP contribution in [0, 0.1) is 17.3 Å². The number of fused-ring (bicyclic) bond motifs is 1. The molecule has 0 aromatic carbocycles. The van der Waals surface area contributed by atoms with Gasteiger partial charge in [0.2, 0.25) is 0 Å². The number of rotatable bonds is 1. The molecule has 2 aliphatic rings. The average molecular weight is 204 g/mol. The summed E-state index contributed by atoms with van der Waals surface area (Å²) in [6.07, 6.45) is 9.30. The quantitative estimate of drug-likeness (QED) is 0.542. The Hall–Kier alpha value is -0.520. The summed E-state index contributed by atoms with van der Waals surface area (Å²) in [5.74, 6) is 1.62. The molecule has 0 bridgehead atoms. The second-order valence-electron chi connectivity index (χ2n) is 6.01. The van der Waals surface area contributed by atoms with Crippen molar-refractivity contribution in [1.82, 2.24) is 0 Å². The van der Waals surface area contributed by atoms with Gasteiger partial charge in [-0.15, -0.1) is 0 Å². The van der Waals surface area contributed by atoms with E-state index in [1.54, 1.807) is 5.57 Å². The summed E-state index contributed by atoms with van der Waals surface area (Å²) in [5, 5.41) is 0. The first kappa shape index (κ1) is 11.0. The van der Waals surface area contributed by atoms with Gasteiger partial charge >= 0.3 is 0 Å². The standard InChI is InChI=1S/C15H24/c1-11(2)13-7-9-15(4)8-5-6-12(3)14(15)10-13/h6,13-14H,1,5,7-10H2,2-4H3/t13-,14?,15?/m0/s1. The van der Waals surface area contributed by atoms with E-state index >= 15 is 0 Å². The van der Waals surface area contributed by atoms with Gasteiger partial charge in [-0.2, -0.15) is 0 Å². The molecule has 0 radical (unpaired) electrons. The van der Waals surface area contributed by atoms with E-state index in [-0.39, 0.29) is 0 Å². The molecule has 1 saturated carbocycles. The van der Waals surface area contributed by atoms with Crippen LogP contribution in [-0.2, 0) is 0 Å². The molecule has 0 aliphatic heterocycles. The van der Waals surface area contributed by atoms with Gasteiger partial charge in [0.25, 0.3) is 0 Å². The Balaban J connectivity index is 2.19. The van der Waals surface area contributed by atoms with E-state index < -0.39 is 0 Å². The first-order valence-electron chi connectivity index (χ1n) is 6.35. The fraction of sp³-hybridized carbons (Fsp3) is 0.733. The van der Waals surface area contributed by atoms with Gasteiger partial charge in [0.15, 0.2) is 0 Å². The van der Waals surface area contributed by atoms with Crippen molar-refractivity contribution >= 4 is 0 Å². The van der Waals surface area contributed by atoms with Gasteiger partial charge in [-0.1, -0.05) is 30.7 Å². The van der Waals surface area contributed by atoms with Crippen LogP contribution < -0.4 is 0 Å². The summed E-state index contributed by atoms with van der Waals surface area (Å²) in [5.41, 5.74) is 3.65. The van der Waals surface area contributed by atoms with Crippen LogP contribution in [0.25, 0.3) is 0 Å². The lowest BCUT2D eigenvalue weighted by Crippen LogP contribution is -2.37. The number of hydrogen-bond donors (Lipinski definition) is 0. The topological polar surface area (TPSA) is 0 Å². The molecule has 2 aliphatic carbocycles. The fourth-order valence-corrected chi connectivity index (χ4v) is 3.62. The lowest BCUT2D eigenvalue weighted by Gasteiger charge is -2.47. The summed E-state index contributed by atoms with van der Waals surface area (Å²) >= 11 is 0. The lowest BCUT2D eigenvalue weighted by molar-refractivity contribution is 0.0981. The van der Waals surface area contributed by atoms with E-state index in [9.17, 15) is 0 Å². The molecule has 0 amide bonds. The molecule has 0 spiro atoms. The first-order chi connectivity index (χ1) is 7.03. The van der Waals surface area contributed by atoms with E-state index in [1.807, 2.05) is 0 Å². The van der Waals surface area contributed by atoms with Crippen LogP contribution >= 0.6 is 0 Å². The molecular weight excluding hydrogens is 180 g/mol. The molecule has 1 fully saturated rings. The molecule has 2 unspecified atom stereocenters. The Morgan fingerprint density at radius 2 is 2.20 bits per heavy atom. The Kier molecular flexibility index (Phi) is 2.79. The van der Waals surface area contributed by atoms with Crippen LogP contribution in [0.15, 0.2) is 23.8 Å². The first-order valence-corrected chi connectivity index (χ1v) is 6.35. The van der Waals surface area contributed by atoms with E-state index in [0.717, 1.165) is 11.8 Å². The fourth-order valence-electron chi connectivity index (χ4n) is 3.62. The molecule has 0 heteroatoms. The molecule has 0 N–H and O–H groups in total. The van der Waals surface area contributed by atoms with Gasteiger partial charge in [-0.05, 0) is 63.2 Å². The molecule has 0 nitrogen and oxygen atoms in total. The maximum atomic E-state index is 4.14. The van der Waals surface area contributed by atoms with Gasteiger partial charge in [0.05, 0.1) is 0 Å². The summed E-state index contributed by atoms with van der Waals surface area (Å²) in [6, 6.07) is 0.